The molecule has 2 aliphatic carbocycles. The van der Waals surface area contributed by atoms with Crippen molar-refractivity contribution in [2.45, 2.75) is 62.6 Å². The zero-order chi connectivity index (χ0) is 26.7. The average Bonchev–Trinajstić information content (AvgIpc) is 3.20. The van der Waals surface area contributed by atoms with Gasteiger partial charge in [-0.25, -0.2) is 9.59 Å². The lowest BCUT2D eigenvalue weighted by Gasteiger charge is -2.45. The molecule has 1 saturated heterocycles. The molecule has 2 fully saturated rings. The first-order valence-electron chi connectivity index (χ1n) is 12.9. The van der Waals surface area contributed by atoms with E-state index in [1.165, 1.54) is 22.0 Å². The number of benzene rings is 1. The molecule has 200 valence electrons. The van der Waals surface area contributed by atoms with Gasteiger partial charge in [-0.05, 0) is 62.8 Å². The van der Waals surface area contributed by atoms with Crippen molar-refractivity contribution >= 4 is 28.7 Å². The van der Waals surface area contributed by atoms with Crippen LogP contribution in [-0.4, -0.2) is 76.4 Å². The SMILES string of the molecule is COC1CCC(NC(=O)[C@@H]2C[C@H]3c4cccc5c4c(cn5C)C[C@H]3N(C)C2)CC1.O=C(O)/C=C\C(=O)O. The Hall–Kier alpha value is -3.17. The molecule has 0 radical (unpaired) electrons. The highest BCUT2D eigenvalue weighted by Gasteiger charge is 2.42. The summed E-state index contributed by atoms with van der Waals surface area (Å²) in [6.07, 6.45) is 10.00. The molecule has 2 aromatic rings. The number of aromatic nitrogens is 1. The number of nitrogens with zero attached hydrogens (tertiary/aromatic N) is 2. The normalized spacial score (nSPS) is 27.3. The van der Waals surface area contributed by atoms with Crippen LogP contribution in [0.4, 0.5) is 0 Å². The van der Waals surface area contributed by atoms with E-state index in [4.69, 9.17) is 14.9 Å². The zero-order valence-electron chi connectivity index (χ0n) is 21.7. The molecule has 3 atom stereocenters. The molecule has 0 unspecified atom stereocenters. The van der Waals surface area contributed by atoms with Crippen molar-refractivity contribution in [3.8, 4) is 0 Å². The summed E-state index contributed by atoms with van der Waals surface area (Å²) in [5.41, 5.74) is 4.23. The molecule has 1 aromatic heterocycles. The number of piperidine rings is 1. The van der Waals surface area contributed by atoms with E-state index in [0.29, 0.717) is 36.3 Å². The number of carboxylic acids is 2. The van der Waals surface area contributed by atoms with Crippen LogP contribution in [0.3, 0.4) is 0 Å². The minimum absolute atomic E-state index is 0.0712. The third-order valence-corrected chi connectivity index (χ3v) is 8.12. The second-order valence-electron chi connectivity index (χ2n) is 10.5. The van der Waals surface area contributed by atoms with Crippen LogP contribution in [0.15, 0.2) is 36.5 Å². The topological polar surface area (TPSA) is 121 Å². The number of hydrogen-bond donors (Lipinski definition) is 3. The van der Waals surface area contributed by atoms with Gasteiger partial charge in [-0.15, -0.1) is 0 Å². The van der Waals surface area contributed by atoms with E-state index in [1.54, 1.807) is 7.11 Å². The van der Waals surface area contributed by atoms with Crippen molar-refractivity contribution in [2.24, 2.45) is 13.0 Å². The number of likely N-dealkylation sites (N-methyl/N-ethyl adjacent to an activating group) is 1. The molecule has 9 nitrogen and oxygen atoms in total. The van der Waals surface area contributed by atoms with E-state index < -0.39 is 11.9 Å². The molecule has 1 aromatic carbocycles. The van der Waals surface area contributed by atoms with Crippen LogP contribution in [0, 0.1) is 5.92 Å². The van der Waals surface area contributed by atoms with Gasteiger partial charge >= 0.3 is 11.9 Å². The molecule has 0 spiro atoms. The fraction of sp³-hybridized carbons (Fsp3) is 0.536. The summed E-state index contributed by atoms with van der Waals surface area (Å²) in [6, 6.07) is 7.50. The van der Waals surface area contributed by atoms with Crippen LogP contribution in [-0.2, 0) is 32.6 Å². The maximum absolute atomic E-state index is 13.2. The highest BCUT2D eigenvalue weighted by atomic mass is 16.5. The Morgan fingerprint density at radius 2 is 1.73 bits per heavy atom. The number of carboxylic acid groups (broad SMARTS) is 2. The van der Waals surface area contributed by atoms with Crippen LogP contribution >= 0.6 is 0 Å². The fourth-order valence-corrected chi connectivity index (χ4v) is 6.31. The summed E-state index contributed by atoms with van der Waals surface area (Å²) >= 11 is 0. The molecule has 5 rings (SSSR count). The number of methoxy groups -OCH3 is 1. The van der Waals surface area contributed by atoms with Crippen LogP contribution in [0.1, 0.15) is 49.1 Å². The Morgan fingerprint density at radius 1 is 1.05 bits per heavy atom. The summed E-state index contributed by atoms with van der Waals surface area (Å²) in [4.78, 5) is 34.7. The highest BCUT2D eigenvalue weighted by Crippen LogP contribution is 2.44. The van der Waals surface area contributed by atoms with Gasteiger partial charge in [0.2, 0.25) is 5.91 Å². The van der Waals surface area contributed by atoms with Crippen molar-refractivity contribution in [3.63, 3.8) is 0 Å². The lowest BCUT2D eigenvalue weighted by atomic mass is 9.72. The molecular formula is C28H37N3O6. The maximum atomic E-state index is 13.2. The van der Waals surface area contributed by atoms with Gasteiger partial charge in [0.15, 0.2) is 0 Å². The second kappa shape index (κ2) is 11.5. The van der Waals surface area contributed by atoms with Crippen LogP contribution in [0.25, 0.3) is 10.9 Å². The van der Waals surface area contributed by atoms with E-state index >= 15 is 0 Å². The van der Waals surface area contributed by atoms with Gasteiger partial charge in [0.25, 0.3) is 0 Å². The monoisotopic (exact) mass is 511 g/mol. The average molecular weight is 512 g/mol. The number of likely N-dealkylation sites (tertiary alicyclic amines) is 1. The van der Waals surface area contributed by atoms with E-state index in [2.05, 4.69) is 53.3 Å². The fourth-order valence-electron chi connectivity index (χ4n) is 6.31. The van der Waals surface area contributed by atoms with Gasteiger partial charge in [0.1, 0.15) is 0 Å². The summed E-state index contributed by atoms with van der Waals surface area (Å²) in [5, 5.41) is 20.4. The number of aryl methyl sites for hydroxylation is 1. The lowest BCUT2D eigenvalue weighted by Crippen LogP contribution is -2.52. The molecule has 3 aliphatic rings. The number of hydrogen-bond acceptors (Lipinski definition) is 5. The van der Waals surface area contributed by atoms with Crippen molar-refractivity contribution in [3.05, 3.63) is 47.7 Å². The van der Waals surface area contributed by atoms with E-state index in [9.17, 15) is 14.4 Å². The summed E-state index contributed by atoms with van der Waals surface area (Å²) in [6.45, 7) is 0.860. The van der Waals surface area contributed by atoms with Gasteiger partial charge in [0.05, 0.1) is 12.0 Å². The van der Waals surface area contributed by atoms with Crippen molar-refractivity contribution in [2.75, 3.05) is 20.7 Å². The predicted molar refractivity (Wildman–Crippen MR) is 139 cm³/mol. The standard InChI is InChI=1S/C24H33N3O2.C4H4O4/c1-26-13-15-12-22-20(19-5-4-6-21(26)23(15)19)11-16(14-27(22)2)24(28)25-17-7-9-18(29-3)10-8-17;5-3(6)1-2-4(7)8/h4-6,13,16-18,20,22H,7-12,14H2,1-3H3,(H,25,28);1-2H,(H,5,6)(H,7,8)/b;2-1-/t16-,17?,18?,20+,22-;/m1./s1. The number of carbonyl (C=O) groups excluding carboxylic acids is 1. The first-order valence-corrected chi connectivity index (χ1v) is 12.9. The van der Waals surface area contributed by atoms with Crippen molar-refractivity contribution in [1.82, 2.24) is 14.8 Å². The van der Waals surface area contributed by atoms with E-state index in [-0.39, 0.29) is 11.8 Å². The van der Waals surface area contributed by atoms with Gasteiger partial charge < -0.3 is 29.7 Å². The molecule has 1 saturated carbocycles. The number of rotatable bonds is 5. The molecule has 0 bridgehead atoms. The Bertz CT molecular complexity index is 1160. The van der Waals surface area contributed by atoms with E-state index in [1.807, 2.05) is 0 Å². The number of ether oxygens (including phenoxy) is 1. The van der Waals surface area contributed by atoms with Gasteiger partial charge in [-0.3, -0.25) is 4.79 Å². The third-order valence-electron chi connectivity index (χ3n) is 8.12. The van der Waals surface area contributed by atoms with Crippen molar-refractivity contribution < 1.29 is 29.3 Å². The summed E-state index contributed by atoms with van der Waals surface area (Å²) in [5.74, 6) is -1.75. The number of amides is 1. The Kier molecular flexibility index (Phi) is 8.34. The highest BCUT2D eigenvalue weighted by molar-refractivity contribution is 5.90. The zero-order valence-corrected chi connectivity index (χ0v) is 21.7. The third kappa shape index (κ3) is 6.05. The molecule has 1 amide bonds. The Balaban J connectivity index is 0.000000349. The lowest BCUT2D eigenvalue weighted by molar-refractivity contribution is -0.134. The molecule has 9 heteroatoms. The smallest absolute Gasteiger partial charge is 0.328 e. The number of carbonyl (C=O) groups is 3. The minimum atomic E-state index is -1.26. The summed E-state index contributed by atoms with van der Waals surface area (Å²) in [7, 11) is 6.14. The molecular weight excluding hydrogens is 474 g/mol. The molecule has 3 N–H and O–H groups in total. The van der Waals surface area contributed by atoms with Crippen LogP contribution in [0.2, 0.25) is 0 Å². The first-order chi connectivity index (χ1) is 17.7. The largest absolute Gasteiger partial charge is 0.478 e. The number of fused-ring (bicyclic) bond motifs is 2. The van der Waals surface area contributed by atoms with Crippen LogP contribution < -0.4 is 5.32 Å². The number of nitrogens with one attached hydrogen (secondary N) is 1. The molecule has 2 heterocycles. The van der Waals surface area contributed by atoms with Gasteiger partial charge in [-0.2, -0.15) is 0 Å². The minimum Gasteiger partial charge on any atom is -0.478 e. The van der Waals surface area contributed by atoms with E-state index in [0.717, 1.165) is 45.1 Å². The van der Waals surface area contributed by atoms with Gasteiger partial charge in [0, 0.05) is 68.0 Å². The predicted octanol–water partition coefficient (Wildman–Crippen LogP) is 2.92. The summed E-state index contributed by atoms with van der Waals surface area (Å²) < 4.78 is 7.73. The Labute approximate surface area is 217 Å². The first kappa shape index (κ1) is 26.9. The van der Waals surface area contributed by atoms with Crippen LogP contribution in [0.5, 0.6) is 0 Å². The Morgan fingerprint density at radius 3 is 2.35 bits per heavy atom. The molecule has 1 aliphatic heterocycles. The second-order valence-corrected chi connectivity index (χ2v) is 10.5. The van der Waals surface area contributed by atoms with Crippen molar-refractivity contribution in [1.29, 1.82) is 0 Å². The maximum Gasteiger partial charge on any atom is 0.328 e. The quantitative estimate of drug-likeness (QED) is 0.528. The van der Waals surface area contributed by atoms with Gasteiger partial charge in [-0.1, -0.05) is 12.1 Å². The molecule has 37 heavy (non-hydrogen) atoms. The number of aliphatic carboxylic acids is 2.